The number of aromatic amines is 1. The van der Waals surface area contributed by atoms with Gasteiger partial charge in [0, 0.05) is 17.5 Å². The van der Waals surface area contributed by atoms with Crippen LogP contribution in [0.3, 0.4) is 0 Å². The second-order valence-electron chi connectivity index (χ2n) is 4.84. The third-order valence-corrected chi connectivity index (χ3v) is 4.50. The largest absolute Gasteiger partial charge is 0.354 e. The molecule has 5 nitrogen and oxygen atoms in total. The lowest BCUT2D eigenvalue weighted by atomic mass is 10.2. The SMILES string of the molecule is CCCSC[C@@H]1CC[C@H](n2cc(C)c(=O)[nH]c2=O)O1. The molecule has 0 saturated carbocycles. The minimum atomic E-state index is -0.387. The van der Waals surface area contributed by atoms with Crippen molar-refractivity contribution in [3.63, 3.8) is 0 Å². The summed E-state index contributed by atoms with van der Waals surface area (Å²) in [5, 5.41) is 0. The predicted molar refractivity (Wildman–Crippen MR) is 76.8 cm³/mol. The Morgan fingerprint density at radius 1 is 1.47 bits per heavy atom. The molecule has 1 saturated heterocycles. The summed E-state index contributed by atoms with van der Waals surface area (Å²) in [6.07, 6.45) is 4.51. The van der Waals surface area contributed by atoms with Gasteiger partial charge in [0.2, 0.25) is 0 Å². The molecule has 1 aliphatic rings. The normalized spacial score (nSPS) is 22.8. The van der Waals surface area contributed by atoms with Gasteiger partial charge in [-0.15, -0.1) is 0 Å². The quantitative estimate of drug-likeness (QED) is 0.835. The van der Waals surface area contributed by atoms with Gasteiger partial charge in [0.1, 0.15) is 6.23 Å². The van der Waals surface area contributed by atoms with Gasteiger partial charge in [-0.2, -0.15) is 11.8 Å². The fourth-order valence-corrected chi connectivity index (χ4v) is 3.14. The average Bonchev–Trinajstić information content (AvgIpc) is 2.83. The lowest BCUT2D eigenvalue weighted by molar-refractivity contribution is 0.00991. The highest BCUT2D eigenvalue weighted by Gasteiger charge is 2.27. The predicted octanol–water partition coefficient (Wildman–Crippen LogP) is 1.67. The zero-order valence-electron chi connectivity index (χ0n) is 11.3. The summed E-state index contributed by atoms with van der Waals surface area (Å²) < 4.78 is 7.39. The Kier molecular flexibility index (Phi) is 4.87. The van der Waals surface area contributed by atoms with E-state index in [1.54, 1.807) is 13.1 Å². The number of ether oxygens (including phenoxy) is 1. The molecule has 0 aromatic carbocycles. The molecule has 19 heavy (non-hydrogen) atoms. The molecule has 6 heteroatoms. The third kappa shape index (κ3) is 3.51. The van der Waals surface area contributed by atoms with Crippen LogP contribution in [-0.2, 0) is 4.74 Å². The van der Waals surface area contributed by atoms with Gasteiger partial charge in [0.05, 0.1) is 6.10 Å². The highest BCUT2D eigenvalue weighted by atomic mass is 32.2. The highest BCUT2D eigenvalue weighted by molar-refractivity contribution is 7.99. The molecule has 1 N–H and O–H groups in total. The van der Waals surface area contributed by atoms with Crippen LogP contribution in [0.5, 0.6) is 0 Å². The molecule has 1 aromatic rings. The van der Waals surface area contributed by atoms with Crippen molar-refractivity contribution in [3.8, 4) is 0 Å². The minimum absolute atomic E-state index is 0.209. The van der Waals surface area contributed by atoms with Crippen LogP contribution in [0.1, 0.15) is 38.0 Å². The van der Waals surface area contributed by atoms with E-state index in [0.29, 0.717) is 5.56 Å². The van der Waals surface area contributed by atoms with Crippen molar-refractivity contribution in [1.29, 1.82) is 0 Å². The summed E-state index contributed by atoms with van der Waals surface area (Å²) >= 11 is 1.89. The van der Waals surface area contributed by atoms with E-state index in [4.69, 9.17) is 4.74 Å². The number of aryl methyl sites for hydroxylation is 1. The number of nitrogens with zero attached hydrogens (tertiary/aromatic N) is 1. The topological polar surface area (TPSA) is 64.1 Å². The summed E-state index contributed by atoms with van der Waals surface area (Å²) in [4.78, 5) is 25.4. The van der Waals surface area contributed by atoms with Gasteiger partial charge in [-0.3, -0.25) is 14.3 Å². The van der Waals surface area contributed by atoms with Crippen LogP contribution in [0.4, 0.5) is 0 Å². The average molecular weight is 284 g/mol. The van der Waals surface area contributed by atoms with Crippen molar-refractivity contribution in [3.05, 3.63) is 32.6 Å². The van der Waals surface area contributed by atoms with Crippen molar-refractivity contribution in [2.45, 2.75) is 45.4 Å². The second kappa shape index (κ2) is 6.43. The van der Waals surface area contributed by atoms with Crippen LogP contribution in [0.25, 0.3) is 0 Å². The van der Waals surface area contributed by atoms with Crippen LogP contribution in [0, 0.1) is 6.92 Å². The van der Waals surface area contributed by atoms with Gasteiger partial charge in [0.15, 0.2) is 0 Å². The van der Waals surface area contributed by atoms with Gasteiger partial charge in [0.25, 0.3) is 5.56 Å². The molecule has 0 unspecified atom stereocenters. The molecule has 0 aliphatic carbocycles. The number of rotatable bonds is 5. The third-order valence-electron chi connectivity index (χ3n) is 3.19. The molecular weight excluding hydrogens is 264 g/mol. The molecular formula is C13H20N2O3S. The van der Waals surface area contributed by atoms with E-state index in [1.807, 2.05) is 11.8 Å². The van der Waals surface area contributed by atoms with Crippen molar-refractivity contribution >= 4 is 11.8 Å². The summed E-state index contributed by atoms with van der Waals surface area (Å²) in [7, 11) is 0. The lowest BCUT2D eigenvalue weighted by Crippen LogP contribution is -2.33. The molecule has 0 radical (unpaired) electrons. The van der Waals surface area contributed by atoms with Crippen molar-refractivity contribution in [2.24, 2.45) is 0 Å². The summed E-state index contributed by atoms with van der Waals surface area (Å²) in [6.45, 7) is 3.85. The highest BCUT2D eigenvalue weighted by Crippen LogP contribution is 2.29. The Balaban J connectivity index is 2.03. The standard InChI is InChI=1S/C13H20N2O3S/c1-3-6-19-8-10-4-5-11(18-10)15-7-9(2)12(16)14-13(15)17/h7,10-11H,3-6,8H2,1-2H3,(H,14,16,17)/t10-,11+/m0/s1. The molecule has 1 aromatic heterocycles. The van der Waals surface area contributed by atoms with E-state index in [2.05, 4.69) is 11.9 Å². The Bertz CT molecular complexity index is 537. The van der Waals surface area contributed by atoms with E-state index in [0.717, 1.165) is 24.3 Å². The molecule has 0 spiro atoms. The van der Waals surface area contributed by atoms with Gasteiger partial charge in [-0.25, -0.2) is 4.79 Å². The number of thioether (sulfide) groups is 1. The Labute approximate surface area is 116 Å². The molecule has 1 aliphatic heterocycles. The number of hydrogen-bond acceptors (Lipinski definition) is 4. The maximum absolute atomic E-state index is 11.8. The molecule has 2 heterocycles. The maximum Gasteiger partial charge on any atom is 0.330 e. The van der Waals surface area contributed by atoms with Gasteiger partial charge < -0.3 is 4.74 Å². The first kappa shape index (κ1) is 14.4. The number of nitrogens with one attached hydrogen (secondary N) is 1. The Morgan fingerprint density at radius 3 is 3.00 bits per heavy atom. The lowest BCUT2D eigenvalue weighted by Gasteiger charge is -2.15. The summed E-state index contributed by atoms with van der Waals surface area (Å²) in [5.74, 6) is 2.11. The molecule has 1 fully saturated rings. The molecule has 0 bridgehead atoms. The summed E-state index contributed by atoms with van der Waals surface area (Å²) in [6, 6.07) is 0. The second-order valence-corrected chi connectivity index (χ2v) is 5.99. The molecule has 106 valence electrons. The molecule has 0 amide bonds. The van der Waals surface area contributed by atoms with Gasteiger partial charge in [-0.05, 0) is 31.9 Å². The number of H-pyrrole nitrogens is 1. The van der Waals surface area contributed by atoms with Gasteiger partial charge in [-0.1, -0.05) is 6.92 Å². The van der Waals surface area contributed by atoms with Crippen LogP contribution >= 0.6 is 11.8 Å². The van der Waals surface area contributed by atoms with E-state index in [1.165, 1.54) is 11.0 Å². The first-order valence-corrected chi connectivity index (χ1v) is 7.82. The van der Waals surface area contributed by atoms with E-state index < -0.39 is 0 Å². The summed E-state index contributed by atoms with van der Waals surface area (Å²) in [5.41, 5.74) is -0.177. The number of hydrogen-bond donors (Lipinski definition) is 1. The van der Waals surface area contributed by atoms with Crippen LogP contribution in [-0.4, -0.2) is 27.2 Å². The van der Waals surface area contributed by atoms with Crippen molar-refractivity contribution in [1.82, 2.24) is 9.55 Å². The van der Waals surface area contributed by atoms with E-state index in [9.17, 15) is 9.59 Å². The Hall–Kier alpha value is -1.01. The van der Waals surface area contributed by atoms with Crippen molar-refractivity contribution in [2.75, 3.05) is 11.5 Å². The maximum atomic E-state index is 11.8. The van der Waals surface area contributed by atoms with E-state index in [-0.39, 0.29) is 23.6 Å². The minimum Gasteiger partial charge on any atom is -0.354 e. The van der Waals surface area contributed by atoms with E-state index >= 15 is 0 Å². The van der Waals surface area contributed by atoms with Gasteiger partial charge >= 0.3 is 5.69 Å². The fourth-order valence-electron chi connectivity index (χ4n) is 2.17. The number of aromatic nitrogens is 2. The zero-order valence-corrected chi connectivity index (χ0v) is 12.2. The van der Waals surface area contributed by atoms with Crippen LogP contribution in [0.15, 0.2) is 15.8 Å². The molecule has 2 rings (SSSR count). The fraction of sp³-hybridized carbons (Fsp3) is 0.692. The first-order valence-electron chi connectivity index (χ1n) is 6.67. The van der Waals surface area contributed by atoms with Crippen LogP contribution in [0.2, 0.25) is 0 Å². The Morgan fingerprint density at radius 2 is 2.26 bits per heavy atom. The monoisotopic (exact) mass is 284 g/mol. The molecule has 2 atom stereocenters. The van der Waals surface area contributed by atoms with Crippen molar-refractivity contribution < 1.29 is 4.74 Å². The zero-order chi connectivity index (χ0) is 13.8. The smallest absolute Gasteiger partial charge is 0.330 e. The van der Waals surface area contributed by atoms with Crippen LogP contribution < -0.4 is 11.2 Å². The first-order chi connectivity index (χ1) is 9.11.